The molecule has 0 saturated heterocycles. The van der Waals surface area contributed by atoms with E-state index in [2.05, 4.69) is 19.2 Å². The van der Waals surface area contributed by atoms with Gasteiger partial charge < -0.3 is 19.2 Å². The first-order valence-electron chi connectivity index (χ1n) is 6.74. The summed E-state index contributed by atoms with van der Waals surface area (Å²) in [5.74, 6) is 2.24. The van der Waals surface area contributed by atoms with Crippen LogP contribution in [-0.2, 0) is 13.2 Å². The Kier molecular flexibility index (Phi) is 5.07. The number of rotatable bonds is 7. The summed E-state index contributed by atoms with van der Waals surface area (Å²) in [5.41, 5.74) is 1.12. The lowest BCUT2D eigenvalue weighted by molar-refractivity contribution is 0.256. The zero-order valence-corrected chi connectivity index (χ0v) is 12.2. The minimum atomic E-state index is 0.391. The molecule has 0 unspecified atom stereocenters. The van der Waals surface area contributed by atoms with Gasteiger partial charge in [0.2, 0.25) is 0 Å². The van der Waals surface area contributed by atoms with Crippen molar-refractivity contribution >= 4 is 0 Å². The lowest BCUT2D eigenvalue weighted by atomic mass is 10.3. The van der Waals surface area contributed by atoms with Crippen molar-refractivity contribution in [3.8, 4) is 11.5 Å². The number of furan rings is 1. The summed E-state index contributed by atoms with van der Waals surface area (Å²) in [6.45, 7) is 5.43. The highest BCUT2D eigenvalue weighted by atomic mass is 16.5. The van der Waals surface area contributed by atoms with Crippen molar-refractivity contribution in [2.75, 3.05) is 7.11 Å². The third kappa shape index (κ3) is 4.03. The smallest absolute Gasteiger partial charge is 0.161 e. The van der Waals surface area contributed by atoms with Crippen LogP contribution >= 0.6 is 0 Å². The second kappa shape index (κ2) is 7.01. The average molecular weight is 275 g/mol. The molecule has 1 N–H and O–H groups in total. The molecule has 0 aliphatic heterocycles. The predicted octanol–water partition coefficient (Wildman–Crippen LogP) is 3.37. The number of methoxy groups -OCH3 is 1. The molecule has 20 heavy (non-hydrogen) atoms. The van der Waals surface area contributed by atoms with Crippen molar-refractivity contribution in [3.63, 3.8) is 0 Å². The molecule has 0 bridgehead atoms. The SMILES string of the molecule is COc1ccccc1OCc1cc(CNC(C)C)co1. The first-order chi connectivity index (χ1) is 9.69. The number of benzene rings is 1. The molecule has 0 fully saturated rings. The Balaban J connectivity index is 1.91. The van der Waals surface area contributed by atoms with Gasteiger partial charge in [-0.1, -0.05) is 26.0 Å². The van der Waals surface area contributed by atoms with Crippen LogP contribution in [0.4, 0.5) is 0 Å². The van der Waals surface area contributed by atoms with Gasteiger partial charge in [-0.15, -0.1) is 0 Å². The predicted molar refractivity (Wildman–Crippen MR) is 78.0 cm³/mol. The fraction of sp³-hybridized carbons (Fsp3) is 0.375. The average Bonchev–Trinajstić information content (AvgIpc) is 2.91. The highest BCUT2D eigenvalue weighted by Gasteiger charge is 2.06. The van der Waals surface area contributed by atoms with E-state index in [1.54, 1.807) is 13.4 Å². The Morgan fingerprint density at radius 2 is 1.95 bits per heavy atom. The lowest BCUT2D eigenvalue weighted by Gasteiger charge is -2.08. The van der Waals surface area contributed by atoms with Crippen LogP contribution in [0.25, 0.3) is 0 Å². The van der Waals surface area contributed by atoms with Crippen molar-refractivity contribution in [3.05, 3.63) is 47.9 Å². The standard InChI is InChI=1S/C16H21NO3/c1-12(2)17-9-13-8-14(19-10-13)11-20-16-7-5-4-6-15(16)18-3/h4-8,10,12,17H,9,11H2,1-3H3. The van der Waals surface area contributed by atoms with Gasteiger partial charge in [-0.25, -0.2) is 0 Å². The Labute approximate surface area is 119 Å². The van der Waals surface area contributed by atoms with E-state index in [0.29, 0.717) is 18.4 Å². The lowest BCUT2D eigenvalue weighted by Crippen LogP contribution is -2.21. The number of nitrogens with one attached hydrogen (secondary N) is 1. The fourth-order valence-corrected chi connectivity index (χ4v) is 1.80. The largest absolute Gasteiger partial charge is 0.493 e. The molecule has 108 valence electrons. The number of ether oxygens (including phenoxy) is 2. The molecule has 0 saturated carbocycles. The summed E-state index contributed by atoms with van der Waals surface area (Å²) in [7, 11) is 1.63. The molecule has 0 radical (unpaired) electrons. The molecule has 4 heteroatoms. The zero-order valence-electron chi connectivity index (χ0n) is 12.2. The van der Waals surface area contributed by atoms with Crippen LogP contribution in [0.5, 0.6) is 11.5 Å². The van der Waals surface area contributed by atoms with Crippen LogP contribution in [0.3, 0.4) is 0 Å². The first-order valence-corrected chi connectivity index (χ1v) is 6.74. The van der Waals surface area contributed by atoms with Gasteiger partial charge in [0.25, 0.3) is 0 Å². The van der Waals surface area contributed by atoms with Gasteiger partial charge in [0, 0.05) is 18.2 Å². The minimum Gasteiger partial charge on any atom is -0.493 e. The second-order valence-corrected chi connectivity index (χ2v) is 4.90. The molecule has 2 aromatic rings. The van der Waals surface area contributed by atoms with Crippen LogP contribution < -0.4 is 14.8 Å². The third-order valence-electron chi connectivity index (χ3n) is 2.86. The van der Waals surface area contributed by atoms with Crippen molar-refractivity contribution in [2.45, 2.75) is 33.0 Å². The fourth-order valence-electron chi connectivity index (χ4n) is 1.80. The van der Waals surface area contributed by atoms with Crippen LogP contribution in [0.1, 0.15) is 25.2 Å². The summed E-state index contributed by atoms with van der Waals surface area (Å²) in [6.07, 6.45) is 1.76. The van der Waals surface area contributed by atoms with Crippen LogP contribution in [0.15, 0.2) is 41.0 Å². The van der Waals surface area contributed by atoms with Crippen LogP contribution in [0.2, 0.25) is 0 Å². The Bertz CT molecular complexity index is 534. The van der Waals surface area contributed by atoms with E-state index in [4.69, 9.17) is 13.9 Å². The molecular weight excluding hydrogens is 254 g/mol. The Morgan fingerprint density at radius 3 is 2.65 bits per heavy atom. The monoisotopic (exact) mass is 275 g/mol. The topological polar surface area (TPSA) is 43.6 Å². The van der Waals surface area contributed by atoms with Crippen molar-refractivity contribution < 1.29 is 13.9 Å². The Hall–Kier alpha value is -1.94. The van der Waals surface area contributed by atoms with E-state index in [-0.39, 0.29) is 0 Å². The molecule has 1 heterocycles. The maximum atomic E-state index is 5.71. The van der Waals surface area contributed by atoms with Crippen molar-refractivity contribution in [1.29, 1.82) is 0 Å². The molecule has 0 aliphatic rings. The minimum absolute atomic E-state index is 0.391. The Morgan fingerprint density at radius 1 is 1.20 bits per heavy atom. The van der Waals surface area contributed by atoms with Gasteiger partial charge in [-0.3, -0.25) is 0 Å². The van der Waals surface area contributed by atoms with E-state index < -0.39 is 0 Å². The quantitative estimate of drug-likeness (QED) is 0.841. The molecule has 0 atom stereocenters. The van der Waals surface area contributed by atoms with E-state index in [1.165, 1.54) is 0 Å². The van der Waals surface area contributed by atoms with Gasteiger partial charge in [0.1, 0.15) is 12.4 Å². The maximum Gasteiger partial charge on any atom is 0.161 e. The second-order valence-electron chi connectivity index (χ2n) is 4.90. The molecule has 1 aromatic heterocycles. The van der Waals surface area contributed by atoms with E-state index >= 15 is 0 Å². The molecule has 0 aliphatic carbocycles. The van der Waals surface area contributed by atoms with Gasteiger partial charge in [0.05, 0.1) is 13.4 Å². The summed E-state index contributed by atoms with van der Waals surface area (Å²) in [5, 5.41) is 3.35. The van der Waals surface area contributed by atoms with Crippen molar-refractivity contribution in [1.82, 2.24) is 5.32 Å². The summed E-state index contributed by atoms with van der Waals surface area (Å²) in [6, 6.07) is 10.0. The molecule has 4 nitrogen and oxygen atoms in total. The van der Waals surface area contributed by atoms with Gasteiger partial charge in [-0.05, 0) is 18.2 Å². The number of hydrogen-bond acceptors (Lipinski definition) is 4. The third-order valence-corrected chi connectivity index (χ3v) is 2.86. The molecular formula is C16H21NO3. The van der Waals surface area contributed by atoms with E-state index in [0.717, 1.165) is 23.6 Å². The first kappa shape index (κ1) is 14.5. The summed E-state index contributed by atoms with van der Waals surface area (Å²) < 4.78 is 16.4. The number of hydrogen-bond donors (Lipinski definition) is 1. The normalized spacial score (nSPS) is 10.8. The molecule has 0 amide bonds. The molecule has 0 spiro atoms. The van der Waals surface area contributed by atoms with Gasteiger partial charge in [0.15, 0.2) is 11.5 Å². The van der Waals surface area contributed by atoms with Crippen molar-refractivity contribution in [2.24, 2.45) is 0 Å². The summed E-state index contributed by atoms with van der Waals surface area (Å²) >= 11 is 0. The van der Waals surface area contributed by atoms with E-state index in [1.807, 2.05) is 30.3 Å². The maximum absolute atomic E-state index is 5.71. The zero-order chi connectivity index (χ0) is 14.4. The molecule has 2 rings (SSSR count). The molecule has 1 aromatic carbocycles. The van der Waals surface area contributed by atoms with E-state index in [9.17, 15) is 0 Å². The van der Waals surface area contributed by atoms with Gasteiger partial charge in [-0.2, -0.15) is 0 Å². The van der Waals surface area contributed by atoms with Gasteiger partial charge >= 0.3 is 0 Å². The van der Waals surface area contributed by atoms with Crippen LogP contribution in [-0.4, -0.2) is 13.2 Å². The number of para-hydroxylation sites is 2. The summed E-state index contributed by atoms with van der Waals surface area (Å²) in [4.78, 5) is 0. The van der Waals surface area contributed by atoms with Crippen LogP contribution in [0, 0.1) is 0 Å². The highest BCUT2D eigenvalue weighted by Crippen LogP contribution is 2.26. The highest BCUT2D eigenvalue weighted by molar-refractivity contribution is 5.39.